The molecule has 0 saturated carbocycles. The average Bonchev–Trinajstić information content (AvgIpc) is 2.93. The summed E-state index contributed by atoms with van der Waals surface area (Å²) in [6.07, 6.45) is 0. The second-order valence-corrected chi connectivity index (χ2v) is 6.61. The van der Waals surface area contributed by atoms with Crippen LogP contribution in [0.25, 0.3) is 10.9 Å². The number of benzene rings is 2. The number of methoxy groups -OCH3 is 2. The molecule has 0 aliphatic carbocycles. The number of aromatic nitrogens is 1. The molecule has 2 heterocycles. The lowest BCUT2D eigenvalue weighted by atomic mass is 10.1. The predicted molar refractivity (Wildman–Crippen MR) is 108 cm³/mol. The molecule has 0 radical (unpaired) electrons. The molecule has 1 aliphatic rings. The van der Waals surface area contributed by atoms with Crippen LogP contribution in [0.1, 0.15) is 5.56 Å². The van der Waals surface area contributed by atoms with Gasteiger partial charge in [0, 0.05) is 30.6 Å². The Labute approximate surface area is 164 Å². The zero-order chi connectivity index (χ0) is 19.3. The molecule has 0 amide bonds. The van der Waals surface area contributed by atoms with Gasteiger partial charge in [0.25, 0.3) is 0 Å². The summed E-state index contributed by atoms with van der Waals surface area (Å²) in [4.78, 5) is 6.98. The summed E-state index contributed by atoms with van der Waals surface area (Å²) >= 11 is 0. The van der Waals surface area contributed by atoms with Gasteiger partial charge in [-0.15, -0.1) is 0 Å². The van der Waals surface area contributed by atoms with E-state index in [-0.39, 0.29) is 0 Å². The molecule has 146 valence electrons. The third-order valence-corrected chi connectivity index (χ3v) is 4.84. The van der Waals surface area contributed by atoms with E-state index in [0.717, 1.165) is 42.0 Å². The van der Waals surface area contributed by atoms with E-state index < -0.39 is 0 Å². The lowest BCUT2D eigenvalue weighted by Crippen LogP contribution is -2.30. The lowest BCUT2D eigenvalue weighted by molar-refractivity contribution is 0.180. The predicted octanol–water partition coefficient (Wildman–Crippen LogP) is 3.53. The van der Waals surface area contributed by atoms with Crippen molar-refractivity contribution in [3.8, 4) is 23.1 Å². The summed E-state index contributed by atoms with van der Waals surface area (Å²) in [6.45, 7) is 3.49. The van der Waals surface area contributed by atoms with E-state index in [2.05, 4.69) is 22.0 Å². The molecule has 0 saturated heterocycles. The van der Waals surface area contributed by atoms with Crippen LogP contribution >= 0.6 is 0 Å². The number of rotatable bonds is 6. The average molecular weight is 380 g/mol. The van der Waals surface area contributed by atoms with Gasteiger partial charge in [0.15, 0.2) is 11.5 Å². The van der Waals surface area contributed by atoms with Crippen LogP contribution in [0.15, 0.2) is 48.5 Å². The summed E-state index contributed by atoms with van der Waals surface area (Å²) in [7, 11) is 3.25. The van der Waals surface area contributed by atoms with Gasteiger partial charge in [-0.25, -0.2) is 4.98 Å². The summed E-state index contributed by atoms with van der Waals surface area (Å²) < 4.78 is 22.7. The largest absolute Gasteiger partial charge is 0.493 e. The zero-order valence-electron chi connectivity index (χ0n) is 16.2. The van der Waals surface area contributed by atoms with Crippen molar-refractivity contribution in [2.24, 2.45) is 0 Å². The Kier molecular flexibility index (Phi) is 5.48. The molecular weight excluding hydrogens is 356 g/mol. The van der Waals surface area contributed by atoms with Gasteiger partial charge < -0.3 is 18.9 Å². The molecule has 0 unspecified atom stereocenters. The first kappa shape index (κ1) is 18.4. The smallest absolute Gasteiger partial charge is 0.218 e. The van der Waals surface area contributed by atoms with Gasteiger partial charge in [-0.3, -0.25) is 4.90 Å². The molecule has 0 fully saturated rings. The maximum Gasteiger partial charge on any atom is 0.218 e. The van der Waals surface area contributed by atoms with Crippen LogP contribution in [0.2, 0.25) is 0 Å². The summed E-state index contributed by atoms with van der Waals surface area (Å²) in [5.74, 6) is 2.69. The van der Waals surface area contributed by atoms with E-state index in [1.54, 1.807) is 14.2 Å². The van der Waals surface area contributed by atoms with E-state index in [1.165, 1.54) is 0 Å². The number of fused-ring (bicyclic) bond motifs is 2. The quantitative estimate of drug-likeness (QED) is 0.652. The van der Waals surface area contributed by atoms with Gasteiger partial charge >= 0.3 is 0 Å². The number of nitrogens with zero attached hydrogens (tertiary/aromatic N) is 2. The van der Waals surface area contributed by atoms with E-state index in [1.807, 2.05) is 36.4 Å². The van der Waals surface area contributed by atoms with Crippen LogP contribution in [-0.4, -0.2) is 50.4 Å². The second-order valence-electron chi connectivity index (χ2n) is 6.61. The molecule has 6 nitrogen and oxygen atoms in total. The van der Waals surface area contributed by atoms with Crippen molar-refractivity contribution in [1.29, 1.82) is 0 Å². The fourth-order valence-electron chi connectivity index (χ4n) is 3.40. The van der Waals surface area contributed by atoms with E-state index in [0.29, 0.717) is 30.5 Å². The lowest BCUT2D eigenvalue weighted by Gasteiger charge is -2.20. The normalized spacial score (nSPS) is 14.1. The Balaban J connectivity index is 1.45. The fourth-order valence-corrected chi connectivity index (χ4v) is 3.40. The first-order chi connectivity index (χ1) is 13.8. The first-order valence-corrected chi connectivity index (χ1v) is 9.36. The van der Waals surface area contributed by atoms with Gasteiger partial charge in [-0.1, -0.05) is 24.3 Å². The van der Waals surface area contributed by atoms with Crippen molar-refractivity contribution in [1.82, 2.24) is 9.88 Å². The minimum Gasteiger partial charge on any atom is -0.493 e. The third kappa shape index (κ3) is 3.82. The minimum absolute atomic E-state index is 0.521. The third-order valence-electron chi connectivity index (χ3n) is 4.84. The first-order valence-electron chi connectivity index (χ1n) is 9.36. The fraction of sp³-hybridized carbons (Fsp3) is 0.318. The molecule has 1 aliphatic heterocycles. The van der Waals surface area contributed by atoms with Gasteiger partial charge in [0.2, 0.25) is 11.6 Å². The van der Waals surface area contributed by atoms with Crippen LogP contribution < -0.4 is 18.9 Å². The number of hydrogen-bond acceptors (Lipinski definition) is 6. The summed E-state index contributed by atoms with van der Waals surface area (Å²) in [6, 6.07) is 15.9. The SMILES string of the molecule is COc1cccc(OC)c1OCCN1CCOc2nc3ccccc3cc2C1. The second kappa shape index (κ2) is 8.35. The van der Waals surface area contributed by atoms with Crippen LogP contribution in [0.4, 0.5) is 0 Å². The zero-order valence-corrected chi connectivity index (χ0v) is 16.2. The van der Waals surface area contributed by atoms with Crippen LogP contribution in [0, 0.1) is 0 Å². The monoisotopic (exact) mass is 380 g/mol. The standard InChI is InChI=1S/C22H24N2O4/c1-25-19-8-5-9-20(26-2)21(19)27-12-10-24-11-13-28-22-17(15-24)14-16-6-3-4-7-18(16)23-22/h3-9,14H,10-13,15H2,1-2H3. The van der Waals surface area contributed by atoms with Crippen molar-refractivity contribution in [2.45, 2.75) is 6.54 Å². The van der Waals surface area contributed by atoms with Crippen molar-refractivity contribution < 1.29 is 18.9 Å². The Hall–Kier alpha value is -2.99. The van der Waals surface area contributed by atoms with Gasteiger partial charge in [-0.05, 0) is 24.3 Å². The van der Waals surface area contributed by atoms with E-state index in [9.17, 15) is 0 Å². The van der Waals surface area contributed by atoms with Crippen molar-refractivity contribution >= 4 is 10.9 Å². The Morgan fingerprint density at radius 1 is 1.04 bits per heavy atom. The maximum atomic E-state index is 6.00. The summed E-state index contributed by atoms with van der Waals surface area (Å²) in [5.41, 5.74) is 2.06. The highest BCUT2D eigenvalue weighted by Gasteiger charge is 2.18. The molecule has 0 bridgehead atoms. The minimum atomic E-state index is 0.521. The molecule has 0 atom stereocenters. The highest BCUT2D eigenvalue weighted by molar-refractivity contribution is 5.80. The summed E-state index contributed by atoms with van der Waals surface area (Å²) in [5, 5.41) is 1.13. The molecule has 0 spiro atoms. The number of hydrogen-bond donors (Lipinski definition) is 0. The Morgan fingerprint density at radius 3 is 2.61 bits per heavy atom. The van der Waals surface area contributed by atoms with Crippen molar-refractivity contribution in [3.63, 3.8) is 0 Å². The Bertz CT molecular complexity index is 938. The van der Waals surface area contributed by atoms with E-state index >= 15 is 0 Å². The molecule has 2 aromatic carbocycles. The molecule has 6 heteroatoms. The molecular formula is C22H24N2O4. The maximum absolute atomic E-state index is 6.00. The molecule has 28 heavy (non-hydrogen) atoms. The van der Waals surface area contributed by atoms with Crippen molar-refractivity contribution in [2.75, 3.05) is 40.5 Å². The Morgan fingerprint density at radius 2 is 1.82 bits per heavy atom. The van der Waals surface area contributed by atoms with Gasteiger partial charge in [0.1, 0.15) is 13.2 Å². The topological polar surface area (TPSA) is 53.0 Å². The number of para-hydroxylation sites is 2. The number of pyridine rings is 1. The molecule has 4 rings (SSSR count). The van der Waals surface area contributed by atoms with Crippen molar-refractivity contribution in [3.05, 3.63) is 54.1 Å². The van der Waals surface area contributed by atoms with Gasteiger partial charge in [0.05, 0.1) is 19.7 Å². The van der Waals surface area contributed by atoms with E-state index in [4.69, 9.17) is 18.9 Å². The van der Waals surface area contributed by atoms with Crippen LogP contribution in [-0.2, 0) is 6.54 Å². The number of ether oxygens (including phenoxy) is 4. The van der Waals surface area contributed by atoms with Crippen LogP contribution in [0.5, 0.6) is 23.1 Å². The van der Waals surface area contributed by atoms with Crippen LogP contribution in [0.3, 0.4) is 0 Å². The molecule has 1 aromatic heterocycles. The highest BCUT2D eigenvalue weighted by atomic mass is 16.5. The highest BCUT2D eigenvalue weighted by Crippen LogP contribution is 2.36. The molecule has 3 aromatic rings. The molecule has 0 N–H and O–H groups in total. The van der Waals surface area contributed by atoms with Gasteiger partial charge in [-0.2, -0.15) is 0 Å².